The van der Waals surface area contributed by atoms with Gasteiger partial charge < -0.3 is 15.4 Å². The summed E-state index contributed by atoms with van der Waals surface area (Å²) in [5, 5.41) is 14.3. The first kappa shape index (κ1) is 25.9. The highest BCUT2D eigenvalue weighted by atomic mass is 16.5. The molecule has 4 rings (SSSR count). The number of rotatable bonds is 11. The Labute approximate surface area is 217 Å². The van der Waals surface area contributed by atoms with Crippen LogP contribution in [0.2, 0.25) is 0 Å². The second-order valence-electron chi connectivity index (χ2n) is 8.61. The highest BCUT2D eigenvalue weighted by molar-refractivity contribution is 6.00. The lowest BCUT2D eigenvalue weighted by Crippen LogP contribution is -2.22. The van der Waals surface area contributed by atoms with Crippen molar-refractivity contribution < 1.29 is 9.53 Å². The Hall–Kier alpha value is -4.23. The molecule has 37 heavy (non-hydrogen) atoms. The van der Waals surface area contributed by atoms with E-state index in [2.05, 4.69) is 81.3 Å². The summed E-state index contributed by atoms with van der Waals surface area (Å²) in [6, 6.07) is 20.9. The second-order valence-corrected chi connectivity index (χ2v) is 8.61. The van der Waals surface area contributed by atoms with Crippen LogP contribution in [0.15, 0.2) is 79.0 Å². The normalized spacial score (nSPS) is 12.1. The SMILES string of the molecule is CC/C(=C(/c1ccc(OCCNC/C=C/C(=O)NC)nc1)c1ccc2n[nH]c(C)c2c1)c1ccccc1. The monoisotopic (exact) mass is 495 g/mol. The van der Waals surface area contributed by atoms with Crippen LogP contribution >= 0.6 is 0 Å². The third-order valence-corrected chi connectivity index (χ3v) is 6.14. The highest BCUT2D eigenvalue weighted by Gasteiger charge is 2.15. The van der Waals surface area contributed by atoms with E-state index in [1.807, 2.05) is 25.3 Å². The fraction of sp³-hybridized carbons (Fsp3) is 0.233. The van der Waals surface area contributed by atoms with Crippen LogP contribution in [0, 0.1) is 6.92 Å². The van der Waals surface area contributed by atoms with Crippen LogP contribution in [0.4, 0.5) is 0 Å². The van der Waals surface area contributed by atoms with Crippen LogP contribution in [0.1, 0.15) is 35.7 Å². The lowest BCUT2D eigenvalue weighted by molar-refractivity contribution is -0.116. The van der Waals surface area contributed by atoms with Crippen LogP contribution in [-0.2, 0) is 4.79 Å². The van der Waals surface area contributed by atoms with Crippen molar-refractivity contribution in [1.29, 1.82) is 0 Å². The zero-order chi connectivity index (χ0) is 26.0. The summed E-state index contributed by atoms with van der Waals surface area (Å²) in [7, 11) is 1.61. The van der Waals surface area contributed by atoms with Crippen LogP contribution in [0.3, 0.4) is 0 Å². The van der Waals surface area contributed by atoms with Crippen molar-refractivity contribution in [2.45, 2.75) is 20.3 Å². The summed E-state index contributed by atoms with van der Waals surface area (Å²) in [6.07, 6.45) is 6.04. The number of aryl methyl sites for hydroxylation is 1. The average Bonchev–Trinajstić information content (AvgIpc) is 3.31. The number of fused-ring (bicyclic) bond motifs is 1. The molecule has 0 aliphatic heterocycles. The summed E-state index contributed by atoms with van der Waals surface area (Å²) in [4.78, 5) is 15.8. The zero-order valence-corrected chi connectivity index (χ0v) is 21.5. The number of aromatic amines is 1. The van der Waals surface area contributed by atoms with E-state index in [0.29, 0.717) is 25.6 Å². The van der Waals surface area contributed by atoms with Gasteiger partial charge in [0, 0.05) is 55.1 Å². The van der Waals surface area contributed by atoms with Crippen molar-refractivity contribution in [3.63, 3.8) is 0 Å². The number of carbonyl (C=O) groups is 1. The average molecular weight is 496 g/mol. The first-order valence-corrected chi connectivity index (χ1v) is 12.5. The van der Waals surface area contributed by atoms with Crippen LogP contribution < -0.4 is 15.4 Å². The third-order valence-electron chi connectivity index (χ3n) is 6.14. The smallest absolute Gasteiger partial charge is 0.243 e. The van der Waals surface area contributed by atoms with Crippen molar-refractivity contribution in [3.8, 4) is 5.88 Å². The molecule has 0 bridgehead atoms. The largest absolute Gasteiger partial charge is 0.476 e. The number of ether oxygens (including phenoxy) is 1. The number of amides is 1. The highest BCUT2D eigenvalue weighted by Crippen LogP contribution is 2.35. The molecule has 0 spiro atoms. The summed E-state index contributed by atoms with van der Waals surface area (Å²) < 4.78 is 5.82. The van der Waals surface area contributed by atoms with E-state index in [1.54, 1.807) is 13.1 Å². The Kier molecular flexibility index (Phi) is 8.84. The summed E-state index contributed by atoms with van der Waals surface area (Å²) in [5.41, 5.74) is 7.77. The van der Waals surface area contributed by atoms with E-state index in [0.717, 1.165) is 39.7 Å². The predicted molar refractivity (Wildman–Crippen MR) is 149 cm³/mol. The Balaban J connectivity index is 1.56. The minimum absolute atomic E-state index is 0.117. The molecule has 0 aliphatic carbocycles. The number of nitrogens with zero attached hydrogens (tertiary/aromatic N) is 2. The summed E-state index contributed by atoms with van der Waals surface area (Å²) >= 11 is 0. The zero-order valence-electron chi connectivity index (χ0n) is 21.5. The van der Waals surface area contributed by atoms with Gasteiger partial charge in [-0.15, -0.1) is 0 Å². The summed E-state index contributed by atoms with van der Waals surface area (Å²) in [5.74, 6) is 0.457. The maximum Gasteiger partial charge on any atom is 0.243 e. The van der Waals surface area contributed by atoms with Gasteiger partial charge in [0.1, 0.15) is 6.61 Å². The molecular formula is C30H33N5O2. The number of benzene rings is 2. The molecule has 2 aromatic carbocycles. The molecule has 7 nitrogen and oxygen atoms in total. The topological polar surface area (TPSA) is 91.9 Å². The molecule has 0 atom stereocenters. The molecule has 4 aromatic rings. The van der Waals surface area contributed by atoms with Gasteiger partial charge in [-0.3, -0.25) is 9.89 Å². The number of likely N-dealkylation sites (N-methyl/N-ethyl adjacent to an activating group) is 1. The molecule has 7 heteroatoms. The third kappa shape index (κ3) is 6.51. The van der Waals surface area contributed by atoms with Crippen molar-refractivity contribution in [1.82, 2.24) is 25.8 Å². The number of hydrogen-bond donors (Lipinski definition) is 3. The standard InChI is InChI=1S/C30H33N5O2/c1-4-25(22-9-6-5-7-10-22)30(23-12-14-27-26(19-23)21(2)34-35-27)24-13-15-29(33-20-24)37-18-17-32-16-8-11-28(36)31-3/h5-15,19-20,32H,4,16-18H2,1-3H3,(H,31,36)(H,34,35)/b11-8+,30-25-. The van der Waals surface area contributed by atoms with Gasteiger partial charge in [0.25, 0.3) is 0 Å². The number of nitrogens with one attached hydrogen (secondary N) is 3. The van der Waals surface area contributed by atoms with Gasteiger partial charge in [-0.2, -0.15) is 5.10 Å². The molecule has 190 valence electrons. The summed E-state index contributed by atoms with van der Waals surface area (Å²) in [6.45, 7) is 5.94. The van der Waals surface area contributed by atoms with E-state index < -0.39 is 0 Å². The van der Waals surface area contributed by atoms with Crippen molar-refractivity contribution in [2.75, 3.05) is 26.7 Å². The van der Waals surface area contributed by atoms with E-state index in [-0.39, 0.29) is 5.91 Å². The minimum atomic E-state index is -0.117. The van der Waals surface area contributed by atoms with Crippen LogP contribution in [0.25, 0.3) is 22.0 Å². The van der Waals surface area contributed by atoms with Gasteiger partial charge in [-0.1, -0.05) is 49.4 Å². The Morgan fingerprint density at radius 2 is 1.86 bits per heavy atom. The predicted octanol–water partition coefficient (Wildman–Crippen LogP) is 4.91. The molecular weight excluding hydrogens is 462 g/mol. The van der Waals surface area contributed by atoms with Gasteiger partial charge in [-0.05, 0) is 53.8 Å². The van der Waals surface area contributed by atoms with E-state index >= 15 is 0 Å². The maximum atomic E-state index is 11.2. The number of allylic oxidation sites excluding steroid dienone is 1. The molecule has 0 aliphatic rings. The minimum Gasteiger partial charge on any atom is -0.476 e. The van der Waals surface area contributed by atoms with Crippen LogP contribution in [-0.4, -0.2) is 47.8 Å². The first-order chi connectivity index (χ1) is 18.1. The molecule has 2 heterocycles. The Morgan fingerprint density at radius 3 is 2.59 bits per heavy atom. The fourth-order valence-electron chi connectivity index (χ4n) is 4.25. The molecule has 0 saturated carbocycles. The number of pyridine rings is 1. The van der Waals surface area contributed by atoms with Gasteiger partial charge in [-0.25, -0.2) is 4.98 Å². The lowest BCUT2D eigenvalue weighted by Gasteiger charge is -2.16. The first-order valence-electron chi connectivity index (χ1n) is 12.5. The quantitative estimate of drug-likeness (QED) is 0.156. The molecule has 1 amide bonds. The number of hydrogen-bond acceptors (Lipinski definition) is 5. The molecule has 0 fully saturated rings. The second kappa shape index (κ2) is 12.6. The fourth-order valence-corrected chi connectivity index (χ4v) is 4.25. The van der Waals surface area contributed by atoms with Gasteiger partial charge in [0.05, 0.1) is 5.52 Å². The number of aromatic nitrogens is 3. The number of carbonyl (C=O) groups excluding carboxylic acids is 1. The Bertz CT molecular complexity index is 1390. The molecule has 0 radical (unpaired) electrons. The van der Waals surface area contributed by atoms with Gasteiger partial charge in [0.15, 0.2) is 0 Å². The van der Waals surface area contributed by atoms with Crippen LogP contribution in [0.5, 0.6) is 5.88 Å². The van der Waals surface area contributed by atoms with E-state index in [9.17, 15) is 4.79 Å². The van der Waals surface area contributed by atoms with E-state index in [1.165, 1.54) is 17.2 Å². The van der Waals surface area contributed by atoms with Crippen molar-refractivity contribution in [3.05, 3.63) is 101 Å². The van der Waals surface area contributed by atoms with Gasteiger partial charge in [0.2, 0.25) is 11.8 Å². The lowest BCUT2D eigenvalue weighted by atomic mass is 9.88. The van der Waals surface area contributed by atoms with Crippen molar-refractivity contribution in [2.24, 2.45) is 0 Å². The molecule has 0 unspecified atom stereocenters. The molecule has 0 saturated heterocycles. The number of H-pyrrole nitrogens is 1. The van der Waals surface area contributed by atoms with Gasteiger partial charge >= 0.3 is 0 Å². The van der Waals surface area contributed by atoms with Crippen molar-refractivity contribution >= 4 is 28.0 Å². The molecule has 2 aromatic heterocycles. The molecule has 3 N–H and O–H groups in total. The van der Waals surface area contributed by atoms with E-state index in [4.69, 9.17) is 4.74 Å². The Morgan fingerprint density at radius 1 is 1.05 bits per heavy atom. The maximum absolute atomic E-state index is 11.2.